The highest BCUT2D eigenvalue weighted by molar-refractivity contribution is 6.31. The van der Waals surface area contributed by atoms with Crippen LogP contribution in [0.15, 0.2) is 53.2 Å². The van der Waals surface area contributed by atoms with Gasteiger partial charge in [-0.15, -0.1) is 0 Å². The fourth-order valence-corrected chi connectivity index (χ4v) is 2.23. The van der Waals surface area contributed by atoms with E-state index in [9.17, 15) is 9.90 Å². The summed E-state index contributed by atoms with van der Waals surface area (Å²) in [6.07, 6.45) is 2.74. The lowest BCUT2D eigenvalue weighted by molar-refractivity contribution is 0.101. The molecule has 3 rings (SSSR count). The minimum atomic E-state index is -0.468. The molecule has 2 N–H and O–H groups in total. The van der Waals surface area contributed by atoms with Crippen molar-refractivity contribution in [3.05, 3.63) is 76.7 Å². The first-order chi connectivity index (χ1) is 11.1. The Morgan fingerprint density at radius 3 is 2.87 bits per heavy atom. The molecule has 7 heteroatoms. The summed E-state index contributed by atoms with van der Waals surface area (Å²) in [6, 6.07) is 10.7. The number of halogens is 1. The molecule has 0 spiro atoms. The summed E-state index contributed by atoms with van der Waals surface area (Å²) in [5.74, 6) is 0.0641. The molecule has 2 heterocycles. The highest BCUT2D eigenvalue weighted by Crippen LogP contribution is 2.20. The zero-order valence-corrected chi connectivity index (χ0v) is 12.6. The molecule has 6 nitrogen and oxygen atoms in total. The van der Waals surface area contributed by atoms with Gasteiger partial charge in [0.2, 0.25) is 5.78 Å². The first kappa shape index (κ1) is 15.1. The number of nitrogens with one attached hydrogen (secondary N) is 1. The molecular weight excluding hydrogens is 318 g/mol. The van der Waals surface area contributed by atoms with Gasteiger partial charge in [0.25, 0.3) is 0 Å². The van der Waals surface area contributed by atoms with E-state index in [0.717, 1.165) is 11.6 Å². The second-order valence-corrected chi connectivity index (χ2v) is 5.17. The molecule has 0 aliphatic rings. The van der Waals surface area contributed by atoms with E-state index < -0.39 is 5.78 Å². The number of allylic oxidation sites excluding steroid dienone is 1. The molecule has 0 saturated heterocycles. The number of benzene rings is 1. The molecule has 23 heavy (non-hydrogen) atoms. The highest BCUT2D eigenvalue weighted by Gasteiger charge is 2.13. The van der Waals surface area contributed by atoms with Crippen molar-refractivity contribution in [1.82, 2.24) is 15.2 Å². The topological polar surface area (TPSA) is 92.0 Å². The fraction of sp³-hybridized carbons (Fsp3) is 0.0625. The third-order valence-corrected chi connectivity index (χ3v) is 3.52. The van der Waals surface area contributed by atoms with Crippen LogP contribution >= 0.6 is 11.6 Å². The van der Waals surface area contributed by atoms with E-state index in [0.29, 0.717) is 17.2 Å². The van der Waals surface area contributed by atoms with Gasteiger partial charge in [-0.25, -0.2) is 4.98 Å². The molecule has 0 aliphatic carbocycles. The number of aromatic nitrogens is 3. The number of hydrogen-bond acceptors (Lipinski definition) is 5. The van der Waals surface area contributed by atoms with E-state index in [4.69, 9.17) is 16.0 Å². The Hall–Kier alpha value is -2.86. The molecule has 0 unspecified atom stereocenters. The Balaban J connectivity index is 1.75. The number of rotatable bonds is 5. The van der Waals surface area contributed by atoms with Crippen LogP contribution in [-0.2, 0) is 6.42 Å². The van der Waals surface area contributed by atoms with Gasteiger partial charge in [0.05, 0.1) is 0 Å². The van der Waals surface area contributed by atoms with Crippen molar-refractivity contribution >= 4 is 23.1 Å². The van der Waals surface area contributed by atoms with E-state index in [1.807, 2.05) is 18.2 Å². The second kappa shape index (κ2) is 6.50. The predicted octanol–water partition coefficient (Wildman–Crippen LogP) is 3.42. The van der Waals surface area contributed by atoms with Gasteiger partial charge < -0.3 is 9.52 Å². The van der Waals surface area contributed by atoms with Crippen molar-refractivity contribution in [2.45, 2.75) is 6.42 Å². The molecule has 116 valence electrons. The summed E-state index contributed by atoms with van der Waals surface area (Å²) in [4.78, 5) is 15.8. The number of furan rings is 1. The van der Waals surface area contributed by atoms with Crippen LogP contribution in [0.1, 0.15) is 27.7 Å². The van der Waals surface area contributed by atoms with Crippen molar-refractivity contribution in [2.24, 2.45) is 0 Å². The summed E-state index contributed by atoms with van der Waals surface area (Å²) in [5.41, 5.74) is 0.905. The quantitative estimate of drug-likeness (QED) is 0.425. The van der Waals surface area contributed by atoms with Gasteiger partial charge in [-0.3, -0.25) is 9.89 Å². The normalized spacial score (nSPS) is 11.6. The summed E-state index contributed by atoms with van der Waals surface area (Å²) in [6.45, 7) is 0. The standard InChI is InChI=1S/C16H12ClN3O3/c17-12-4-2-1-3-10(12)7-11-5-6-15(23-11)13(21)8-14(22)16-18-9-19-20-16/h1-6,8-9,22H,7H2,(H,18,19,20)/b14-8+. The van der Waals surface area contributed by atoms with Gasteiger partial charge in [-0.1, -0.05) is 29.8 Å². The van der Waals surface area contributed by atoms with Gasteiger partial charge in [0, 0.05) is 17.5 Å². The molecule has 0 fully saturated rings. The van der Waals surface area contributed by atoms with E-state index in [1.54, 1.807) is 18.2 Å². The molecule has 0 atom stereocenters. The number of hydrogen-bond donors (Lipinski definition) is 2. The third kappa shape index (κ3) is 3.49. The Labute approximate surface area is 136 Å². The zero-order chi connectivity index (χ0) is 16.2. The Kier molecular flexibility index (Phi) is 4.25. The van der Waals surface area contributed by atoms with Gasteiger partial charge in [0.1, 0.15) is 12.1 Å². The van der Waals surface area contributed by atoms with Crippen molar-refractivity contribution in [3.63, 3.8) is 0 Å². The number of ketones is 1. The second-order valence-electron chi connectivity index (χ2n) is 4.76. The monoisotopic (exact) mass is 329 g/mol. The molecule has 0 aliphatic heterocycles. The molecule has 0 saturated carbocycles. The van der Waals surface area contributed by atoms with Crippen LogP contribution in [0.25, 0.3) is 5.76 Å². The zero-order valence-electron chi connectivity index (χ0n) is 11.9. The number of aliphatic hydroxyl groups is 1. The lowest BCUT2D eigenvalue weighted by atomic mass is 10.1. The number of nitrogens with zero attached hydrogens (tertiary/aromatic N) is 2. The Morgan fingerprint density at radius 1 is 1.30 bits per heavy atom. The molecule has 0 radical (unpaired) electrons. The van der Waals surface area contributed by atoms with Crippen LogP contribution in [0.3, 0.4) is 0 Å². The lowest BCUT2D eigenvalue weighted by Gasteiger charge is -2.00. The lowest BCUT2D eigenvalue weighted by Crippen LogP contribution is -1.96. The molecule has 0 amide bonds. The van der Waals surface area contributed by atoms with Crippen LogP contribution in [-0.4, -0.2) is 26.1 Å². The van der Waals surface area contributed by atoms with E-state index >= 15 is 0 Å². The molecule has 0 bridgehead atoms. The number of aromatic amines is 1. The van der Waals surface area contributed by atoms with Crippen LogP contribution in [0.2, 0.25) is 5.02 Å². The summed E-state index contributed by atoms with van der Waals surface area (Å²) in [7, 11) is 0. The minimum Gasteiger partial charge on any atom is -0.504 e. The number of carbonyl (C=O) groups excluding carboxylic acids is 1. The Bertz CT molecular complexity index is 853. The average molecular weight is 330 g/mol. The van der Waals surface area contributed by atoms with Crippen LogP contribution in [0.5, 0.6) is 0 Å². The van der Waals surface area contributed by atoms with E-state index in [2.05, 4.69) is 15.2 Å². The first-order valence-corrected chi connectivity index (χ1v) is 7.14. The number of aliphatic hydroxyl groups excluding tert-OH is 1. The molecule has 2 aromatic heterocycles. The molecule has 1 aromatic carbocycles. The third-order valence-electron chi connectivity index (χ3n) is 3.15. The fourth-order valence-electron chi connectivity index (χ4n) is 2.03. The van der Waals surface area contributed by atoms with Crippen molar-refractivity contribution in [2.75, 3.05) is 0 Å². The van der Waals surface area contributed by atoms with Crippen LogP contribution < -0.4 is 0 Å². The molecule has 3 aromatic rings. The maximum Gasteiger partial charge on any atom is 0.224 e. The maximum atomic E-state index is 12.1. The maximum absolute atomic E-state index is 12.1. The summed E-state index contributed by atoms with van der Waals surface area (Å²) < 4.78 is 5.51. The SMILES string of the molecule is O=C(/C=C(/O)c1ncn[nH]1)c1ccc(Cc2ccccc2Cl)o1. The van der Waals surface area contributed by atoms with Gasteiger partial charge in [-0.05, 0) is 23.8 Å². The van der Waals surface area contributed by atoms with Crippen LogP contribution in [0.4, 0.5) is 0 Å². The summed E-state index contributed by atoms with van der Waals surface area (Å²) in [5, 5.41) is 16.5. The van der Waals surface area contributed by atoms with E-state index in [1.165, 1.54) is 6.33 Å². The summed E-state index contributed by atoms with van der Waals surface area (Å²) >= 11 is 6.10. The van der Waals surface area contributed by atoms with Gasteiger partial charge in [0.15, 0.2) is 17.3 Å². The van der Waals surface area contributed by atoms with Gasteiger partial charge in [-0.2, -0.15) is 5.10 Å². The van der Waals surface area contributed by atoms with Crippen molar-refractivity contribution in [1.29, 1.82) is 0 Å². The number of H-pyrrole nitrogens is 1. The largest absolute Gasteiger partial charge is 0.504 e. The predicted molar refractivity (Wildman–Crippen MR) is 84.3 cm³/mol. The first-order valence-electron chi connectivity index (χ1n) is 6.76. The van der Waals surface area contributed by atoms with Crippen molar-refractivity contribution < 1.29 is 14.3 Å². The highest BCUT2D eigenvalue weighted by atomic mass is 35.5. The van der Waals surface area contributed by atoms with Gasteiger partial charge >= 0.3 is 0 Å². The molecular formula is C16H12ClN3O3. The number of carbonyl (C=O) groups is 1. The average Bonchev–Trinajstić information content (AvgIpc) is 3.21. The van der Waals surface area contributed by atoms with Crippen molar-refractivity contribution in [3.8, 4) is 0 Å². The van der Waals surface area contributed by atoms with Crippen LogP contribution in [0, 0.1) is 0 Å². The van der Waals surface area contributed by atoms with E-state index in [-0.39, 0.29) is 17.3 Å². The Morgan fingerprint density at radius 2 is 2.13 bits per heavy atom. The minimum absolute atomic E-state index is 0.112. The smallest absolute Gasteiger partial charge is 0.224 e.